The van der Waals surface area contributed by atoms with E-state index in [1.807, 2.05) is 42.5 Å². The molecule has 19 heavy (non-hydrogen) atoms. The van der Waals surface area contributed by atoms with E-state index in [2.05, 4.69) is 31.9 Å². The Labute approximate surface area is 129 Å². The van der Waals surface area contributed by atoms with Crippen molar-refractivity contribution in [3.8, 4) is 5.75 Å². The molecule has 0 heterocycles. The fourth-order valence-electron chi connectivity index (χ4n) is 1.87. The summed E-state index contributed by atoms with van der Waals surface area (Å²) in [6, 6.07) is 13.5. The van der Waals surface area contributed by atoms with Crippen LogP contribution in [-0.2, 0) is 6.42 Å². The van der Waals surface area contributed by atoms with E-state index in [4.69, 9.17) is 4.74 Å². The van der Waals surface area contributed by atoms with Gasteiger partial charge in [0, 0.05) is 15.4 Å². The summed E-state index contributed by atoms with van der Waals surface area (Å²) in [7, 11) is 1.64. The van der Waals surface area contributed by atoms with Crippen LogP contribution in [0.3, 0.4) is 0 Å². The molecule has 1 unspecified atom stereocenters. The van der Waals surface area contributed by atoms with Gasteiger partial charge in [0.25, 0.3) is 0 Å². The van der Waals surface area contributed by atoms with Crippen LogP contribution in [-0.4, -0.2) is 12.2 Å². The molecule has 2 aromatic carbocycles. The maximum absolute atomic E-state index is 10.3. The Kier molecular flexibility index (Phi) is 5.02. The molecule has 2 rings (SSSR count). The minimum Gasteiger partial charge on any atom is -0.497 e. The van der Waals surface area contributed by atoms with E-state index in [1.54, 1.807) is 7.11 Å². The van der Waals surface area contributed by atoms with E-state index in [1.165, 1.54) is 0 Å². The summed E-state index contributed by atoms with van der Waals surface area (Å²) in [5.41, 5.74) is 1.96. The van der Waals surface area contributed by atoms with Gasteiger partial charge >= 0.3 is 0 Å². The number of hydrogen-bond donors (Lipinski definition) is 1. The van der Waals surface area contributed by atoms with E-state index >= 15 is 0 Å². The molecule has 2 nitrogen and oxygen atoms in total. The number of rotatable bonds is 4. The number of benzene rings is 2. The third-order valence-electron chi connectivity index (χ3n) is 2.91. The van der Waals surface area contributed by atoms with Crippen molar-refractivity contribution < 1.29 is 9.84 Å². The molecule has 1 N–H and O–H groups in total. The largest absolute Gasteiger partial charge is 0.497 e. The minimum absolute atomic E-state index is 0.532. The molecule has 0 radical (unpaired) electrons. The number of hydrogen-bond acceptors (Lipinski definition) is 2. The van der Waals surface area contributed by atoms with E-state index in [-0.39, 0.29) is 0 Å². The van der Waals surface area contributed by atoms with Gasteiger partial charge in [-0.3, -0.25) is 0 Å². The Bertz CT molecular complexity index is 553. The van der Waals surface area contributed by atoms with Crippen LogP contribution in [0.5, 0.6) is 5.75 Å². The summed E-state index contributed by atoms with van der Waals surface area (Å²) in [4.78, 5) is 0. The topological polar surface area (TPSA) is 29.5 Å². The average Bonchev–Trinajstić information content (AvgIpc) is 2.39. The normalized spacial score (nSPS) is 12.2. The van der Waals surface area contributed by atoms with E-state index in [9.17, 15) is 5.11 Å². The molecule has 0 aliphatic carbocycles. The second kappa shape index (κ2) is 6.55. The van der Waals surface area contributed by atoms with Gasteiger partial charge in [-0.25, -0.2) is 0 Å². The van der Waals surface area contributed by atoms with Crippen LogP contribution in [0.4, 0.5) is 0 Å². The lowest BCUT2D eigenvalue weighted by molar-refractivity contribution is 0.177. The zero-order valence-electron chi connectivity index (χ0n) is 10.4. The lowest BCUT2D eigenvalue weighted by Crippen LogP contribution is -2.02. The molecule has 0 saturated carbocycles. The van der Waals surface area contributed by atoms with Crippen molar-refractivity contribution in [2.24, 2.45) is 0 Å². The fraction of sp³-hybridized carbons (Fsp3) is 0.200. The highest BCUT2D eigenvalue weighted by atomic mass is 79.9. The average molecular weight is 386 g/mol. The van der Waals surface area contributed by atoms with Crippen LogP contribution in [0.2, 0.25) is 0 Å². The molecule has 0 saturated heterocycles. The first kappa shape index (κ1) is 14.6. The number of aliphatic hydroxyl groups excluding tert-OH is 1. The van der Waals surface area contributed by atoms with Crippen molar-refractivity contribution in [3.63, 3.8) is 0 Å². The molecule has 100 valence electrons. The van der Waals surface area contributed by atoms with E-state index < -0.39 is 6.10 Å². The summed E-state index contributed by atoms with van der Waals surface area (Å²) in [6.45, 7) is 0. The first-order valence-corrected chi connectivity index (χ1v) is 7.44. The van der Waals surface area contributed by atoms with Gasteiger partial charge in [0.15, 0.2) is 0 Å². The molecule has 1 atom stereocenters. The highest BCUT2D eigenvalue weighted by Crippen LogP contribution is 2.29. The van der Waals surface area contributed by atoms with Crippen molar-refractivity contribution in [1.82, 2.24) is 0 Å². The lowest BCUT2D eigenvalue weighted by Gasteiger charge is -2.13. The van der Waals surface area contributed by atoms with Crippen LogP contribution >= 0.6 is 31.9 Å². The molecular formula is C15H14Br2O2. The summed E-state index contributed by atoms with van der Waals surface area (Å²) in [6.07, 6.45) is 0.0420. The first-order chi connectivity index (χ1) is 9.10. The smallest absolute Gasteiger partial charge is 0.118 e. The van der Waals surface area contributed by atoms with Crippen molar-refractivity contribution in [2.45, 2.75) is 12.5 Å². The summed E-state index contributed by atoms with van der Waals surface area (Å²) < 4.78 is 7.01. The molecule has 4 heteroatoms. The Morgan fingerprint density at radius 3 is 2.37 bits per heavy atom. The number of aliphatic hydroxyl groups is 1. The highest BCUT2D eigenvalue weighted by molar-refractivity contribution is 9.11. The summed E-state index contributed by atoms with van der Waals surface area (Å²) in [5.74, 6) is 0.822. The highest BCUT2D eigenvalue weighted by Gasteiger charge is 2.12. The second-order valence-corrected chi connectivity index (χ2v) is 6.00. The Balaban J connectivity index is 2.13. The molecule has 0 bridgehead atoms. The molecule has 0 spiro atoms. The van der Waals surface area contributed by atoms with E-state index in [0.29, 0.717) is 6.42 Å². The van der Waals surface area contributed by atoms with Gasteiger partial charge in [-0.05, 0) is 35.4 Å². The molecule has 0 aliphatic rings. The zero-order valence-corrected chi connectivity index (χ0v) is 13.6. The zero-order chi connectivity index (χ0) is 13.8. The minimum atomic E-state index is -0.532. The molecule has 0 aliphatic heterocycles. The van der Waals surface area contributed by atoms with Gasteiger partial charge in [0.1, 0.15) is 5.75 Å². The Hall–Kier alpha value is -0.840. The van der Waals surface area contributed by atoms with Gasteiger partial charge in [-0.1, -0.05) is 50.1 Å². The Morgan fingerprint density at radius 2 is 1.79 bits per heavy atom. The number of halogens is 2. The van der Waals surface area contributed by atoms with Gasteiger partial charge < -0.3 is 9.84 Å². The standard InChI is InChI=1S/C15H14Br2O2/c1-19-12-5-2-10(3-6-12)8-15(18)13-7-4-11(16)9-14(13)17/h2-7,9,15,18H,8H2,1H3. The monoisotopic (exact) mass is 384 g/mol. The van der Waals surface area contributed by atoms with Crippen LogP contribution in [0.25, 0.3) is 0 Å². The number of methoxy groups -OCH3 is 1. The Morgan fingerprint density at radius 1 is 1.11 bits per heavy atom. The lowest BCUT2D eigenvalue weighted by atomic mass is 10.0. The predicted octanol–water partition coefficient (Wildman–Crippen LogP) is 4.50. The van der Waals surface area contributed by atoms with Gasteiger partial charge in [-0.15, -0.1) is 0 Å². The maximum atomic E-state index is 10.3. The molecule has 0 amide bonds. The van der Waals surface area contributed by atoms with Crippen LogP contribution in [0, 0.1) is 0 Å². The van der Waals surface area contributed by atoms with Gasteiger partial charge in [0.05, 0.1) is 13.2 Å². The van der Waals surface area contributed by atoms with Crippen LogP contribution in [0.15, 0.2) is 51.4 Å². The predicted molar refractivity (Wildman–Crippen MR) is 83.5 cm³/mol. The van der Waals surface area contributed by atoms with Gasteiger partial charge in [-0.2, -0.15) is 0 Å². The third-order valence-corrected chi connectivity index (χ3v) is 4.09. The fourth-order valence-corrected chi connectivity index (χ4v) is 3.18. The van der Waals surface area contributed by atoms with Crippen molar-refractivity contribution in [1.29, 1.82) is 0 Å². The van der Waals surface area contributed by atoms with Gasteiger partial charge in [0.2, 0.25) is 0 Å². The van der Waals surface area contributed by atoms with Crippen molar-refractivity contribution in [2.75, 3.05) is 7.11 Å². The summed E-state index contributed by atoms with van der Waals surface area (Å²) in [5, 5.41) is 10.3. The van der Waals surface area contributed by atoms with E-state index in [0.717, 1.165) is 25.8 Å². The van der Waals surface area contributed by atoms with Crippen molar-refractivity contribution >= 4 is 31.9 Å². The van der Waals surface area contributed by atoms with Crippen molar-refractivity contribution in [3.05, 3.63) is 62.5 Å². The van der Waals surface area contributed by atoms with Crippen LogP contribution in [0.1, 0.15) is 17.2 Å². The molecular weight excluding hydrogens is 372 g/mol. The van der Waals surface area contributed by atoms with Crippen LogP contribution < -0.4 is 4.74 Å². The molecule has 0 fully saturated rings. The number of ether oxygens (including phenoxy) is 1. The first-order valence-electron chi connectivity index (χ1n) is 5.86. The third kappa shape index (κ3) is 3.81. The molecule has 2 aromatic rings. The second-order valence-electron chi connectivity index (χ2n) is 4.23. The molecule has 0 aromatic heterocycles. The SMILES string of the molecule is COc1ccc(CC(O)c2ccc(Br)cc2Br)cc1. The maximum Gasteiger partial charge on any atom is 0.118 e. The summed E-state index contributed by atoms with van der Waals surface area (Å²) >= 11 is 6.88. The quantitative estimate of drug-likeness (QED) is 0.839.